The summed E-state index contributed by atoms with van der Waals surface area (Å²) in [6, 6.07) is 7.25. The summed E-state index contributed by atoms with van der Waals surface area (Å²) in [6.07, 6.45) is 4.93. The van der Waals surface area contributed by atoms with Crippen molar-refractivity contribution in [2.45, 2.75) is 0 Å². The minimum atomic E-state index is -2.33. The predicted octanol–water partition coefficient (Wildman–Crippen LogP) is 3.02. The average Bonchev–Trinajstić information content (AvgIpc) is 2.97. The quantitative estimate of drug-likeness (QED) is 0.682. The summed E-state index contributed by atoms with van der Waals surface area (Å²) in [7, 11) is -2.33. The molecular formula is C15H14NO3P. The molecule has 2 aromatic rings. The van der Waals surface area contributed by atoms with Gasteiger partial charge in [0.2, 0.25) is 0 Å². The second-order valence-corrected chi connectivity index (χ2v) is 8.37. The van der Waals surface area contributed by atoms with Crippen LogP contribution >= 0.6 is 7.14 Å². The summed E-state index contributed by atoms with van der Waals surface area (Å²) in [5.74, 6) is -0.152. The fraction of sp³-hybridized carbons (Fsp3) is 0.133. The number of carbonyl (C=O) groups excluding carboxylic acids is 1. The van der Waals surface area contributed by atoms with Gasteiger partial charge >= 0.3 is 0 Å². The molecular weight excluding hydrogens is 273 g/mol. The standard InChI is InChI=1S/C15H14NO3P/c1-20(2,18)11-3-4-12-13(7-10-5-6-19-9-10)15(17)16-14(12)8-11/h3-9H,1-2H3,(H,16,17)/b13-7-. The van der Waals surface area contributed by atoms with Crippen molar-refractivity contribution in [3.8, 4) is 0 Å². The van der Waals surface area contributed by atoms with Gasteiger partial charge in [-0.15, -0.1) is 0 Å². The Morgan fingerprint density at radius 1 is 1.25 bits per heavy atom. The molecule has 0 radical (unpaired) electrons. The minimum Gasteiger partial charge on any atom is -0.472 e. The molecule has 1 amide bonds. The molecule has 0 unspecified atom stereocenters. The molecule has 20 heavy (non-hydrogen) atoms. The summed E-state index contributed by atoms with van der Waals surface area (Å²) < 4.78 is 17.1. The van der Waals surface area contributed by atoms with E-state index in [-0.39, 0.29) is 5.91 Å². The van der Waals surface area contributed by atoms with Gasteiger partial charge in [-0.25, -0.2) is 0 Å². The molecule has 0 bridgehead atoms. The Kier molecular flexibility index (Phi) is 2.91. The highest BCUT2D eigenvalue weighted by molar-refractivity contribution is 7.70. The summed E-state index contributed by atoms with van der Waals surface area (Å²) >= 11 is 0. The predicted molar refractivity (Wildman–Crippen MR) is 80.7 cm³/mol. The van der Waals surface area contributed by atoms with Crippen molar-refractivity contribution in [2.75, 3.05) is 18.6 Å². The molecule has 0 spiro atoms. The van der Waals surface area contributed by atoms with E-state index in [4.69, 9.17) is 4.42 Å². The van der Waals surface area contributed by atoms with Crippen LogP contribution in [0.15, 0.2) is 41.2 Å². The molecule has 0 aliphatic carbocycles. The van der Waals surface area contributed by atoms with E-state index in [9.17, 15) is 9.36 Å². The number of rotatable bonds is 2. The van der Waals surface area contributed by atoms with Crippen molar-refractivity contribution < 1.29 is 13.8 Å². The molecule has 1 aliphatic heterocycles. The Morgan fingerprint density at radius 2 is 2.05 bits per heavy atom. The van der Waals surface area contributed by atoms with Gasteiger partial charge in [-0.05, 0) is 31.5 Å². The minimum absolute atomic E-state index is 0.152. The zero-order chi connectivity index (χ0) is 14.3. The number of carbonyl (C=O) groups is 1. The molecule has 1 aromatic heterocycles. The van der Waals surface area contributed by atoms with E-state index < -0.39 is 7.14 Å². The van der Waals surface area contributed by atoms with Gasteiger partial charge in [0.1, 0.15) is 7.14 Å². The third kappa shape index (κ3) is 2.23. The summed E-state index contributed by atoms with van der Waals surface area (Å²) in [5.41, 5.74) is 2.97. The van der Waals surface area contributed by atoms with Crippen LogP contribution in [0, 0.1) is 0 Å². The SMILES string of the molecule is CP(C)(=O)c1ccc2c(c1)NC(=O)/C2=C\c1ccoc1. The van der Waals surface area contributed by atoms with Crippen molar-refractivity contribution in [3.63, 3.8) is 0 Å². The van der Waals surface area contributed by atoms with Gasteiger partial charge in [-0.3, -0.25) is 4.79 Å². The smallest absolute Gasteiger partial charge is 0.256 e. The second kappa shape index (κ2) is 4.50. The Labute approximate surface area is 116 Å². The lowest BCUT2D eigenvalue weighted by atomic mass is 10.1. The Balaban J connectivity index is 2.08. The molecule has 0 saturated heterocycles. The number of anilines is 1. The molecule has 1 N–H and O–H groups in total. The van der Waals surface area contributed by atoms with E-state index >= 15 is 0 Å². The van der Waals surface area contributed by atoms with E-state index in [2.05, 4.69) is 5.32 Å². The van der Waals surface area contributed by atoms with Gasteiger partial charge in [0.25, 0.3) is 5.91 Å². The molecule has 4 nitrogen and oxygen atoms in total. The molecule has 102 valence electrons. The number of nitrogens with one attached hydrogen (secondary N) is 1. The van der Waals surface area contributed by atoms with Crippen LogP contribution in [0.3, 0.4) is 0 Å². The fourth-order valence-electron chi connectivity index (χ4n) is 2.18. The molecule has 0 fully saturated rings. The van der Waals surface area contributed by atoms with Crippen LogP contribution in [0.25, 0.3) is 11.6 Å². The second-order valence-electron chi connectivity index (χ2n) is 5.15. The van der Waals surface area contributed by atoms with Gasteiger partial charge in [-0.1, -0.05) is 12.1 Å². The lowest BCUT2D eigenvalue weighted by Crippen LogP contribution is -2.05. The Bertz CT molecular complexity index is 753. The largest absolute Gasteiger partial charge is 0.472 e. The van der Waals surface area contributed by atoms with Crippen molar-refractivity contribution >= 4 is 35.7 Å². The first kappa shape index (κ1) is 12.9. The number of hydrogen-bond donors (Lipinski definition) is 1. The van der Waals surface area contributed by atoms with Crippen molar-refractivity contribution in [1.82, 2.24) is 0 Å². The van der Waals surface area contributed by atoms with Gasteiger partial charge in [0.05, 0.1) is 12.5 Å². The maximum atomic E-state index is 12.1. The third-order valence-electron chi connectivity index (χ3n) is 3.26. The molecule has 1 aromatic carbocycles. The zero-order valence-electron chi connectivity index (χ0n) is 11.2. The van der Waals surface area contributed by atoms with E-state index in [0.717, 1.165) is 16.4 Å². The van der Waals surface area contributed by atoms with E-state index in [1.54, 1.807) is 44.1 Å². The number of furan rings is 1. The van der Waals surface area contributed by atoms with E-state index in [1.165, 1.54) is 0 Å². The van der Waals surface area contributed by atoms with Gasteiger partial charge in [0.15, 0.2) is 0 Å². The van der Waals surface area contributed by atoms with Crippen molar-refractivity contribution in [3.05, 3.63) is 47.9 Å². The molecule has 3 rings (SSSR count). The highest BCUT2D eigenvalue weighted by atomic mass is 31.2. The van der Waals surface area contributed by atoms with Crippen LogP contribution in [0.5, 0.6) is 0 Å². The summed E-state index contributed by atoms with van der Waals surface area (Å²) in [6.45, 7) is 3.43. The number of benzene rings is 1. The topological polar surface area (TPSA) is 59.3 Å². The molecule has 0 saturated carbocycles. The lowest BCUT2D eigenvalue weighted by molar-refractivity contribution is -0.110. The first-order valence-electron chi connectivity index (χ1n) is 6.20. The van der Waals surface area contributed by atoms with Crippen LogP contribution in [-0.4, -0.2) is 19.2 Å². The molecule has 0 atom stereocenters. The van der Waals surface area contributed by atoms with Gasteiger partial charge in [-0.2, -0.15) is 0 Å². The Morgan fingerprint density at radius 3 is 2.70 bits per heavy atom. The molecule has 5 heteroatoms. The highest BCUT2D eigenvalue weighted by Gasteiger charge is 2.25. The third-order valence-corrected chi connectivity index (χ3v) is 4.78. The van der Waals surface area contributed by atoms with E-state index in [1.807, 2.05) is 12.1 Å². The summed E-state index contributed by atoms with van der Waals surface area (Å²) in [4.78, 5) is 12.0. The van der Waals surface area contributed by atoms with Crippen LogP contribution in [-0.2, 0) is 9.36 Å². The van der Waals surface area contributed by atoms with Crippen molar-refractivity contribution in [2.24, 2.45) is 0 Å². The average molecular weight is 287 g/mol. The lowest BCUT2D eigenvalue weighted by Gasteiger charge is -2.08. The van der Waals surface area contributed by atoms with Crippen LogP contribution in [0.4, 0.5) is 5.69 Å². The van der Waals surface area contributed by atoms with Crippen molar-refractivity contribution in [1.29, 1.82) is 0 Å². The van der Waals surface area contributed by atoms with Crippen LogP contribution in [0.2, 0.25) is 0 Å². The summed E-state index contributed by atoms with van der Waals surface area (Å²) in [5, 5.41) is 3.58. The monoisotopic (exact) mass is 287 g/mol. The number of amides is 1. The first-order valence-corrected chi connectivity index (χ1v) is 8.80. The number of hydrogen-bond acceptors (Lipinski definition) is 3. The molecule has 1 aliphatic rings. The fourth-order valence-corrected chi connectivity index (χ4v) is 3.06. The first-order chi connectivity index (χ1) is 9.45. The molecule has 2 heterocycles. The maximum absolute atomic E-state index is 12.1. The van der Waals surface area contributed by atoms with Crippen LogP contribution < -0.4 is 10.6 Å². The normalized spacial score (nSPS) is 16.3. The number of fused-ring (bicyclic) bond motifs is 1. The Hall–Kier alpha value is -2.06. The highest BCUT2D eigenvalue weighted by Crippen LogP contribution is 2.39. The van der Waals surface area contributed by atoms with Gasteiger partial charge < -0.3 is 14.3 Å². The zero-order valence-corrected chi connectivity index (χ0v) is 12.1. The maximum Gasteiger partial charge on any atom is 0.256 e. The van der Waals surface area contributed by atoms with E-state index in [0.29, 0.717) is 11.3 Å². The van der Waals surface area contributed by atoms with Crippen LogP contribution in [0.1, 0.15) is 11.1 Å². The van der Waals surface area contributed by atoms with Gasteiger partial charge in [0, 0.05) is 27.7 Å².